The summed E-state index contributed by atoms with van der Waals surface area (Å²) in [7, 11) is 0. The molecule has 2 aromatic rings. The summed E-state index contributed by atoms with van der Waals surface area (Å²) < 4.78 is 1.92. The van der Waals surface area contributed by atoms with Gasteiger partial charge in [-0.2, -0.15) is 5.10 Å². The van der Waals surface area contributed by atoms with Crippen LogP contribution in [0.5, 0.6) is 0 Å². The molecule has 1 N–H and O–H groups in total. The molecular weight excluding hydrogens is 236 g/mol. The number of aromatic nitrogens is 3. The first-order chi connectivity index (χ1) is 9.08. The first-order valence-corrected chi connectivity index (χ1v) is 6.76. The van der Waals surface area contributed by atoms with Crippen LogP contribution in [-0.2, 0) is 6.54 Å². The summed E-state index contributed by atoms with van der Waals surface area (Å²) >= 11 is 0. The predicted molar refractivity (Wildman–Crippen MR) is 77.4 cm³/mol. The summed E-state index contributed by atoms with van der Waals surface area (Å²) in [5.74, 6) is 1.57. The maximum absolute atomic E-state index is 4.51. The molecule has 0 aromatic carbocycles. The van der Waals surface area contributed by atoms with Crippen LogP contribution in [-0.4, -0.2) is 21.3 Å². The monoisotopic (exact) mass is 258 g/mol. The Morgan fingerprint density at radius 3 is 2.74 bits per heavy atom. The standard InChI is InChI=1S/C15H22N4/c1-11(2)9-16-10-14-6-5-7-17-15(14)19-13(4)8-12(3)18-19/h5-8,11,16H,9-10H2,1-4H3. The van der Waals surface area contributed by atoms with Gasteiger partial charge in [0.1, 0.15) is 0 Å². The number of rotatable bonds is 5. The van der Waals surface area contributed by atoms with E-state index >= 15 is 0 Å². The van der Waals surface area contributed by atoms with Gasteiger partial charge in [-0.05, 0) is 38.4 Å². The SMILES string of the molecule is Cc1cc(C)n(-c2ncccc2CNCC(C)C)n1. The van der Waals surface area contributed by atoms with Gasteiger partial charge in [0.25, 0.3) is 0 Å². The highest BCUT2D eigenvalue weighted by Crippen LogP contribution is 2.14. The van der Waals surface area contributed by atoms with E-state index in [4.69, 9.17) is 0 Å². The third-order valence-corrected chi connectivity index (χ3v) is 2.95. The molecule has 0 saturated heterocycles. The van der Waals surface area contributed by atoms with Gasteiger partial charge in [0, 0.05) is 24.0 Å². The lowest BCUT2D eigenvalue weighted by atomic mass is 10.2. The molecule has 102 valence electrons. The van der Waals surface area contributed by atoms with Crippen LogP contribution in [0.25, 0.3) is 5.82 Å². The van der Waals surface area contributed by atoms with Crippen LogP contribution in [0.2, 0.25) is 0 Å². The first-order valence-electron chi connectivity index (χ1n) is 6.76. The van der Waals surface area contributed by atoms with Crippen molar-refractivity contribution in [1.29, 1.82) is 0 Å². The van der Waals surface area contributed by atoms with Crippen molar-refractivity contribution in [1.82, 2.24) is 20.1 Å². The van der Waals surface area contributed by atoms with Gasteiger partial charge in [0.05, 0.1) is 5.69 Å². The third-order valence-electron chi connectivity index (χ3n) is 2.95. The molecule has 0 aliphatic carbocycles. The molecule has 0 amide bonds. The Kier molecular flexibility index (Phi) is 4.32. The number of hydrogen-bond acceptors (Lipinski definition) is 3. The van der Waals surface area contributed by atoms with Crippen LogP contribution in [0.15, 0.2) is 24.4 Å². The maximum atomic E-state index is 4.51. The minimum atomic E-state index is 0.647. The molecule has 2 aromatic heterocycles. The van der Waals surface area contributed by atoms with Crippen LogP contribution >= 0.6 is 0 Å². The summed E-state index contributed by atoms with van der Waals surface area (Å²) in [6, 6.07) is 6.15. The molecule has 0 unspecified atom stereocenters. The van der Waals surface area contributed by atoms with Crippen molar-refractivity contribution in [3.8, 4) is 5.82 Å². The number of nitrogens with one attached hydrogen (secondary N) is 1. The minimum Gasteiger partial charge on any atom is -0.312 e. The fourth-order valence-corrected chi connectivity index (χ4v) is 2.10. The molecule has 0 atom stereocenters. The summed E-state index contributed by atoms with van der Waals surface area (Å²) in [5, 5.41) is 7.97. The van der Waals surface area contributed by atoms with Gasteiger partial charge < -0.3 is 5.32 Å². The molecule has 0 aliphatic rings. The Hall–Kier alpha value is -1.68. The normalized spacial score (nSPS) is 11.2. The van der Waals surface area contributed by atoms with Crippen molar-refractivity contribution in [2.75, 3.05) is 6.54 Å². The second kappa shape index (κ2) is 5.97. The number of aryl methyl sites for hydroxylation is 2. The summed E-state index contributed by atoms with van der Waals surface area (Å²) in [5.41, 5.74) is 3.31. The highest BCUT2D eigenvalue weighted by Gasteiger charge is 2.09. The predicted octanol–water partition coefficient (Wildman–Crippen LogP) is 2.63. The minimum absolute atomic E-state index is 0.647. The van der Waals surface area contributed by atoms with Crippen molar-refractivity contribution in [2.24, 2.45) is 5.92 Å². The van der Waals surface area contributed by atoms with E-state index in [1.54, 1.807) is 0 Å². The van der Waals surface area contributed by atoms with Gasteiger partial charge in [-0.15, -0.1) is 0 Å². The number of hydrogen-bond donors (Lipinski definition) is 1. The Morgan fingerprint density at radius 1 is 1.32 bits per heavy atom. The van der Waals surface area contributed by atoms with E-state index < -0.39 is 0 Å². The molecule has 19 heavy (non-hydrogen) atoms. The van der Waals surface area contributed by atoms with E-state index in [1.807, 2.05) is 23.9 Å². The van der Waals surface area contributed by atoms with Gasteiger partial charge in [-0.25, -0.2) is 9.67 Å². The average Bonchev–Trinajstić information content (AvgIpc) is 2.68. The van der Waals surface area contributed by atoms with Gasteiger partial charge in [-0.1, -0.05) is 19.9 Å². The van der Waals surface area contributed by atoms with E-state index in [1.165, 1.54) is 5.56 Å². The summed E-state index contributed by atoms with van der Waals surface area (Å²) in [6.45, 7) is 10.3. The van der Waals surface area contributed by atoms with E-state index in [0.29, 0.717) is 5.92 Å². The molecule has 0 saturated carbocycles. The zero-order valence-electron chi connectivity index (χ0n) is 12.1. The van der Waals surface area contributed by atoms with Crippen LogP contribution in [0, 0.1) is 19.8 Å². The molecule has 0 fully saturated rings. The molecule has 0 radical (unpaired) electrons. The molecule has 0 aliphatic heterocycles. The van der Waals surface area contributed by atoms with Gasteiger partial charge >= 0.3 is 0 Å². The Balaban J connectivity index is 2.23. The molecule has 4 nitrogen and oxygen atoms in total. The fourth-order valence-electron chi connectivity index (χ4n) is 2.10. The smallest absolute Gasteiger partial charge is 0.158 e. The Morgan fingerprint density at radius 2 is 2.11 bits per heavy atom. The topological polar surface area (TPSA) is 42.7 Å². The van der Waals surface area contributed by atoms with E-state index in [2.05, 4.69) is 48.3 Å². The molecular formula is C15H22N4. The second-order valence-corrected chi connectivity index (χ2v) is 5.35. The average molecular weight is 258 g/mol. The lowest BCUT2D eigenvalue weighted by Crippen LogP contribution is -2.20. The molecule has 2 heterocycles. The Labute approximate surface area is 114 Å². The quantitative estimate of drug-likeness (QED) is 0.896. The molecule has 4 heteroatoms. The van der Waals surface area contributed by atoms with Crippen molar-refractivity contribution < 1.29 is 0 Å². The fraction of sp³-hybridized carbons (Fsp3) is 0.467. The lowest BCUT2D eigenvalue weighted by molar-refractivity contribution is 0.550. The molecule has 0 bridgehead atoms. The third kappa shape index (κ3) is 3.41. The van der Waals surface area contributed by atoms with Crippen LogP contribution < -0.4 is 5.32 Å². The molecule has 2 rings (SSSR count). The van der Waals surface area contributed by atoms with Crippen molar-refractivity contribution in [3.05, 3.63) is 41.3 Å². The zero-order valence-corrected chi connectivity index (χ0v) is 12.1. The van der Waals surface area contributed by atoms with Gasteiger partial charge in [0.15, 0.2) is 5.82 Å². The largest absolute Gasteiger partial charge is 0.312 e. The van der Waals surface area contributed by atoms with Crippen molar-refractivity contribution >= 4 is 0 Å². The van der Waals surface area contributed by atoms with Crippen molar-refractivity contribution in [3.63, 3.8) is 0 Å². The highest BCUT2D eigenvalue weighted by atomic mass is 15.3. The molecule has 0 spiro atoms. The number of pyridine rings is 1. The van der Waals surface area contributed by atoms with Crippen molar-refractivity contribution in [2.45, 2.75) is 34.2 Å². The van der Waals surface area contributed by atoms with Crippen LogP contribution in [0.3, 0.4) is 0 Å². The Bertz CT molecular complexity index is 543. The van der Waals surface area contributed by atoms with Crippen LogP contribution in [0.1, 0.15) is 30.8 Å². The lowest BCUT2D eigenvalue weighted by Gasteiger charge is -2.12. The first kappa shape index (κ1) is 13.7. The van der Waals surface area contributed by atoms with Crippen LogP contribution in [0.4, 0.5) is 0 Å². The second-order valence-electron chi connectivity index (χ2n) is 5.35. The highest BCUT2D eigenvalue weighted by molar-refractivity contribution is 5.34. The van der Waals surface area contributed by atoms with E-state index in [9.17, 15) is 0 Å². The summed E-state index contributed by atoms with van der Waals surface area (Å²) in [6.07, 6.45) is 1.82. The number of nitrogens with zero attached hydrogens (tertiary/aromatic N) is 3. The van der Waals surface area contributed by atoms with E-state index in [-0.39, 0.29) is 0 Å². The summed E-state index contributed by atoms with van der Waals surface area (Å²) in [4.78, 5) is 4.48. The maximum Gasteiger partial charge on any atom is 0.158 e. The van der Waals surface area contributed by atoms with E-state index in [0.717, 1.165) is 30.3 Å². The zero-order chi connectivity index (χ0) is 13.8. The van der Waals surface area contributed by atoms with Gasteiger partial charge in [-0.3, -0.25) is 0 Å². The van der Waals surface area contributed by atoms with Gasteiger partial charge in [0.2, 0.25) is 0 Å².